The van der Waals surface area contributed by atoms with Gasteiger partial charge in [-0.15, -0.1) is 11.3 Å². The first-order valence-electron chi connectivity index (χ1n) is 8.24. The summed E-state index contributed by atoms with van der Waals surface area (Å²) in [5, 5.41) is 7.87. The van der Waals surface area contributed by atoms with E-state index in [1.54, 1.807) is 35.8 Å². The Kier molecular flexibility index (Phi) is 4.67. The second-order valence-corrected chi connectivity index (χ2v) is 6.71. The standard InChI is InChI=1S/C20H15N3O3S/c24-18(23-20-21-9-10-27-20)13-5-7-16(8-6-13)22-19(25)15-11-14-3-1-2-4-17(14)26-12-15/h1-11H,12H2,(H,22,25)(H,21,23,24). The Morgan fingerprint density at radius 1 is 1.00 bits per heavy atom. The van der Waals surface area contributed by atoms with Crippen molar-refractivity contribution in [2.45, 2.75) is 0 Å². The second-order valence-electron chi connectivity index (χ2n) is 5.82. The lowest BCUT2D eigenvalue weighted by Crippen LogP contribution is -2.21. The van der Waals surface area contributed by atoms with Crippen LogP contribution >= 0.6 is 11.3 Å². The van der Waals surface area contributed by atoms with Crippen molar-refractivity contribution in [1.82, 2.24) is 4.98 Å². The minimum atomic E-state index is -0.247. The van der Waals surface area contributed by atoms with Gasteiger partial charge in [0, 0.05) is 28.4 Å². The van der Waals surface area contributed by atoms with Crippen LogP contribution in [-0.2, 0) is 4.79 Å². The number of anilines is 2. The molecule has 0 saturated heterocycles. The van der Waals surface area contributed by atoms with Gasteiger partial charge in [-0.25, -0.2) is 4.98 Å². The van der Waals surface area contributed by atoms with Crippen LogP contribution in [0.4, 0.5) is 10.8 Å². The van der Waals surface area contributed by atoms with Gasteiger partial charge in [0.05, 0.1) is 5.57 Å². The van der Waals surface area contributed by atoms with E-state index in [0.717, 1.165) is 11.3 Å². The highest BCUT2D eigenvalue weighted by molar-refractivity contribution is 7.13. The van der Waals surface area contributed by atoms with Crippen molar-refractivity contribution >= 4 is 40.0 Å². The predicted molar refractivity (Wildman–Crippen MR) is 105 cm³/mol. The number of amides is 2. The molecule has 0 spiro atoms. The van der Waals surface area contributed by atoms with Crippen LogP contribution in [0.5, 0.6) is 5.75 Å². The summed E-state index contributed by atoms with van der Waals surface area (Å²) in [4.78, 5) is 28.6. The second kappa shape index (κ2) is 7.43. The molecule has 1 aliphatic heterocycles. The summed E-state index contributed by atoms with van der Waals surface area (Å²) in [7, 11) is 0. The average Bonchev–Trinajstić information content (AvgIpc) is 3.21. The Labute approximate surface area is 159 Å². The minimum absolute atomic E-state index is 0.219. The van der Waals surface area contributed by atoms with Crippen molar-refractivity contribution in [2.24, 2.45) is 0 Å². The van der Waals surface area contributed by atoms with Gasteiger partial charge in [0.1, 0.15) is 12.4 Å². The van der Waals surface area contributed by atoms with Crippen molar-refractivity contribution in [3.05, 3.63) is 76.8 Å². The number of thiazole rings is 1. The molecule has 0 aliphatic carbocycles. The molecule has 4 rings (SSSR count). The molecule has 0 saturated carbocycles. The lowest BCUT2D eigenvalue weighted by molar-refractivity contribution is -0.113. The Balaban J connectivity index is 1.42. The molecule has 0 bridgehead atoms. The number of carbonyl (C=O) groups is 2. The SMILES string of the molecule is O=C(Nc1ccc(C(=O)Nc2nccs2)cc1)C1=Cc2ccccc2OC1. The smallest absolute Gasteiger partial charge is 0.257 e. The number of hydrogen-bond acceptors (Lipinski definition) is 5. The lowest BCUT2D eigenvalue weighted by Gasteiger charge is -2.17. The summed E-state index contributed by atoms with van der Waals surface area (Å²) in [5.41, 5.74) is 2.50. The van der Waals surface area contributed by atoms with E-state index in [1.807, 2.05) is 30.3 Å². The number of benzene rings is 2. The van der Waals surface area contributed by atoms with E-state index in [-0.39, 0.29) is 18.4 Å². The molecule has 27 heavy (non-hydrogen) atoms. The minimum Gasteiger partial charge on any atom is -0.488 e. The van der Waals surface area contributed by atoms with Crippen molar-refractivity contribution in [1.29, 1.82) is 0 Å². The van der Waals surface area contributed by atoms with Crippen LogP contribution in [0.15, 0.2) is 65.7 Å². The monoisotopic (exact) mass is 377 g/mol. The number of rotatable bonds is 4. The normalized spacial score (nSPS) is 12.4. The van der Waals surface area contributed by atoms with E-state index in [2.05, 4.69) is 15.6 Å². The maximum absolute atomic E-state index is 12.5. The van der Waals surface area contributed by atoms with Crippen molar-refractivity contribution in [2.75, 3.05) is 17.2 Å². The molecule has 2 heterocycles. The van der Waals surface area contributed by atoms with Crippen LogP contribution in [0.2, 0.25) is 0 Å². The fourth-order valence-electron chi connectivity index (χ4n) is 2.62. The number of hydrogen-bond donors (Lipinski definition) is 2. The van der Waals surface area contributed by atoms with Gasteiger partial charge < -0.3 is 10.1 Å². The average molecular weight is 377 g/mol. The van der Waals surface area contributed by atoms with Crippen LogP contribution in [-0.4, -0.2) is 23.4 Å². The van der Waals surface area contributed by atoms with Gasteiger partial charge in [-0.05, 0) is 36.4 Å². The number of carbonyl (C=O) groups excluding carboxylic acids is 2. The van der Waals surface area contributed by atoms with Crippen LogP contribution < -0.4 is 15.4 Å². The van der Waals surface area contributed by atoms with Gasteiger partial charge in [-0.3, -0.25) is 14.9 Å². The summed E-state index contributed by atoms with van der Waals surface area (Å²) in [6.45, 7) is 0.219. The van der Waals surface area contributed by atoms with E-state index < -0.39 is 0 Å². The number of nitrogens with one attached hydrogen (secondary N) is 2. The maximum Gasteiger partial charge on any atom is 0.257 e. The van der Waals surface area contributed by atoms with Crippen molar-refractivity contribution in [3.8, 4) is 5.75 Å². The van der Waals surface area contributed by atoms with Crippen molar-refractivity contribution < 1.29 is 14.3 Å². The van der Waals surface area contributed by atoms with Gasteiger partial charge in [-0.1, -0.05) is 18.2 Å². The number of fused-ring (bicyclic) bond motifs is 1. The Morgan fingerprint density at radius 3 is 2.59 bits per heavy atom. The third-order valence-corrected chi connectivity index (χ3v) is 4.67. The molecule has 6 nitrogen and oxygen atoms in total. The molecule has 1 aromatic heterocycles. The van der Waals surface area contributed by atoms with E-state index >= 15 is 0 Å². The van der Waals surface area contributed by atoms with Crippen LogP contribution in [0.1, 0.15) is 15.9 Å². The molecule has 2 N–H and O–H groups in total. The molecule has 0 atom stereocenters. The molecule has 0 fully saturated rings. The van der Waals surface area contributed by atoms with Gasteiger partial charge in [0.25, 0.3) is 11.8 Å². The number of para-hydroxylation sites is 1. The fourth-order valence-corrected chi connectivity index (χ4v) is 3.14. The Morgan fingerprint density at radius 2 is 1.81 bits per heavy atom. The Bertz CT molecular complexity index is 1010. The first-order chi connectivity index (χ1) is 13.2. The largest absolute Gasteiger partial charge is 0.488 e. The molecule has 7 heteroatoms. The summed E-state index contributed by atoms with van der Waals surface area (Å²) >= 11 is 1.35. The molecule has 134 valence electrons. The molecule has 2 amide bonds. The van der Waals surface area contributed by atoms with Crippen LogP contribution in [0.25, 0.3) is 6.08 Å². The maximum atomic E-state index is 12.5. The predicted octanol–water partition coefficient (Wildman–Crippen LogP) is 3.81. The fraction of sp³-hybridized carbons (Fsp3) is 0.0500. The lowest BCUT2D eigenvalue weighted by atomic mass is 10.1. The molecule has 0 unspecified atom stereocenters. The summed E-state index contributed by atoms with van der Waals surface area (Å²) in [6.07, 6.45) is 3.45. The molecular formula is C20H15N3O3S. The summed E-state index contributed by atoms with van der Waals surface area (Å²) in [6, 6.07) is 14.2. The van der Waals surface area contributed by atoms with E-state index in [9.17, 15) is 9.59 Å². The van der Waals surface area contributed by atoms with Crippen molar-refractivity contribution in [3.63, 3.8) is 0 Å². The highest BCUT2D eigenvalue weighted by atomic mass is 32.1. The molecule has 3 aromatic rings. The molecule has 2 aromatic carbocycles. The number of ether oxygens (including phenoxy) is 1. The quantitative estimate of drug-likeness (QED) is 0.725. The van der Waals surface area contributed by atoms with E-state index in [0.29, 0.717) is 22.0 Å². The zero-order valence-corrected chi connectivity index (χ0v) is 15.0. The zero-order chi connectivity index (χ0) is 18.6. The van der Waals surface area contributed by atoms with Gasteiger partial charge in [-0.2, -0.15) is 0 Å². The Hall–Kier alpha value is -3.45. The number of aromatic nitrogens is 1. The third-order valence-electron chi connectivity index (χ3n) is 3.98. The highest BCUT2D eigenvalue weighted by Crippen LogP contribution is 2.26. The third kappa shape index (κ3) is 3.88. The van der Waals surface area contributed by atoms with Gasteiger partial charge in [0.15, 0.2) is 5.13 Å². The van der Waals surface area contributed by atoms with Gasteiger partial charge >= 0.3 is 0 Å². The molecular weight excluding hydrogens is 362 g/mol. The summed E-state index contributed by atoms with van der Waals surface area (Å²) < 4.78 is 5.61. The van der Waals surface area contributed by atoms with E-state index in [1.165, 1.54) is 11.3 Å². The zero-order valence-electron chi connectivity index (χ0n) is 14.1. The topological polar surface area (TPSA) is 80.3 Å². The highest BCUT2D eigenvalue weighted by Gasteiger charge is 2.17. The van der Waals surface area contributed by atoms with Crippen LogP contribution in [0, 0.1) is 0 Å². The van der Waals surface area contributed by atoms with Gasteiger partial charge in [0.2, 0.25) is 0 Å². The number of nitrogens with zero attached hydrogens (tertiary/aromatic N) is 1. The van der Waals surface area contributed by atoms with E-state index in [4.69, 9.17) is 4.74 Å². The summed E-state index contributed by atoms with van der Waals surface area (Å²) in [5.74, 6) is 0.289. The molecule has 0 radical (unpaired) electrons. The van der Waals surface area contributed by atoms with Crippen LogP contribution in [0.3, 0.4) is 0 Å². The molecule has 1 aliphatic rings. The first kappa shape index (κ1) is 17.0. The first-order valence-corrected chi connectivity index (χ1v) is 9.12.